The molecule has 0 aliphatic carbocycles. The number of hydrogen-bond acceptors (Lipinski definition) is 24. The molecule has 0 unspecified atom stereocenters. The molecule has 6 saturated heterocycles. The van der Waals surface area contributed by atoms with E-state index in [1.165, 1.54) is 205 Å². The van der Waals surface area contributed by atoms with Gasteiger partial charge in [0.05, 0.1) is 39.6 Å². The Bertz CT molecular complexity index is 3500. The maximum Gasteiger partial charge on any atom is 0.232 e. The SMILES string of the molecule is CCCCCCCCON1C(C)(C)CC(CCCCNc2nc(NC3CC(C)(C)N(OCCCCCCCC)C(C)(C)C3)nc(N(CCCCCCN(c3nc(NCCCCC4CC(C)(C)N(OCCCCCCCC)C(C)(C)C4)nc(NC4CC(C)(C)N(OCCCCCCCC)C(C)(C)C4)n3)C3CC(C)(C)N(OCCCCCCCC)C(C)(C)C3)C3CC(C)(C)N(OCCCCCCCC)C(C)(C)C3)n2)CC1(C)C. The van der Waals surface area contributed by atoms with Crippen LogP contribution in [0.1, 0.15) is 580 Å². The monoisotopic (exact) mass is 2050 g/mol. The summed E-state index contributed by atoms with van der Waals surface area (Å²) in [6.07, 6.45) is 67.0. The second-order valence-electron chi connectivity index (χ2n) is 54.5. The van der Waals surface area contributed by atoms with Gasteiger partial charge in [-0.25, -0.2) is 0 Å². The zero-order valence-electron chi connectivity index (χ0n) is 101. The van der Waals surface area contributed by atoms with Crippen LogP contribution in [0.4, 0.5) is 35.7 Å². The van der Waals surface area contributed by atoms with Crippen LogP contribution in [0.2, 0.25) is 0 Å². The van der Waals surface area contributed by atoms with Gasteiger partial charge < -0.3 is 31.1 Å². The maximum absolute atomic E-state index is 7.06. The summed E-state index contributed by atoms with van der Waals surface area (Å²) in [4.78, 5) is 80.4. The largest absolute Gasteiger partial charge is 0.354 e. The van der Waals surface area contributed by atoms with Crippen LogP contribution in [-0.2, 0) is 29.0 Å². The number of aromatic nitrogens is 6. The van der Waals surface area contributed by atoms with Crippen LogP contribution in [0.15, 0.2) is 0 Å². The quantitative estimate of drug-likeness (QED) is 0.0454. The van der Waals surface area contributed by atoms with Crippen molar-refractivity contribution < 1.29 is 29.0 Å². The number of nitrogens with one attached hydrogen (secondary N) is 4. The molecule has 0 bridgehead atoms. The van der Waals surface area contributed by atoms with E-state index < -0.39 is 0 Å². The highest BCUT2D eigenvalue weighted by Crippen LogP contribution is 2.50. The Hall–Kier alpha value is -3.66. The van der Waals surface area contributed by atoms with Crippen molar-refractivity contribution in [2.45, 2.75) is 671 Å². The Morgan fingerprint density at radius 1 is 0.219 bits per heavy atom. The summed E-state index contributed by atoms with van der Waals surface area (Å²) in [6, 6.07) is 0.392. The third-order valence-corrected chi connectivity index (χ3v) is 33.5. The van der Waals surface area contributed by atoms with Gasteiger partial charge in [0.25, 0.3) is 0 Å². The van der Waals surface area contributed by atoms with Crippen molar-refractivity contribution in [2.24, 2.45) is 11.8 Å². The van der Waals surface area contributed by atoms with E-state index in [-0.39, 0.29) is 90.6 Å². The van der Waals surface area contributed by atoms with Crippen LogP contribution in [0.5, 0.6) is 0 Å². The fraction of sp³-hybridized carbons (Fsp3) is 0.951. The van der Waals surface area contributed by atoms with E-state index in [4.69, 9.17) is 58.9 Å². The number of unbranched alkanes of at least 4 members (excludes halogenated alkanes) is 35. The van der Waals surface area contributed by atoms with Crippen molar-refractivity contribution in [3.8, 4) is 0 Å². The lowest BCUT2D eigenvalue weighted by Gasteiger charge is -2.55. The van der Waals surface area contributed by atoms with Gasteiger partial charge in [-0.15, -0.1) is 0 Å². The third kappa shape index (κ3) is 41.8. The minimum atomic E-state index is -0.295. The number of nitrogens with zero attached hydrogens (tertiary/aromatic N) is 14. The molecule has 6 aliphatic rings. The van der Waals surface area contributed by atoms with Crippen molar-refractivity contribution >= 4 is 35.7 Å². The fourth-order valence-electron chi connectivity index (χ4n) is 28.2. The minimum absolute atomic E-state index is 0.0529. The first-order valence-corrected chi connectivity index (χ1v) is 61.8. The lowest BCUT2D eigenvalue weighted by molar-refractivity contribution is -0.288. The van der Waals surface area contributed by atoms with Crippen LogP contribution in [0.3, 0.4) is 0 Å². The van der Waals surface area contributed by atoms with Gasteiger partial charge in [0.2, 0.25) is 35.7 Å². The smallest absolute Gasteiger partial charge is 0.232 e. The molecule has 24 heteroatoms. The van der Waals surface area contributed by atoms with Gasteiger partial charge in [-0.2, -0.15) is 60.3 Å². The van der Waals surface area contributed by atoms with Gasteiger partial charge in [0.1, 0.15) is 0 Å². The predicted molar refractivity (Wildman–Crippen MR) is 618 cm³/mol. The molecule has 0 aromatic carbocycles. The highest BCUT2D eigenvalue weighted by atomic mass is 16.7. The molecule has 0 atom stereocenters. The van der Waals surface area contributed by atoms with Crippen LogP contribution in [0, 0.1) is 11.8 Å². The lowest BCUT2D eigenvalue weighted by Crippen LogP contribution is -2.64. The molecule has 850 valence electrons. The van der Waals surface area contributed by atoms with Gasteiger partial charge in [-0.05, 0) is 319 Å². The van der Waals surface area contributed by atoms with E-state index in [9.17, 15) is 0 Å². The molecule has 0 spiro atoms. The van der Waals surface area contributed by atoms with E-state index in [1.807, 2.05) is 0 Å². The van der Waals surface area contributed by atoms with E-state index >= 15 is 0 Å². The minimum Gasteiger partial charge on any atom is -0.354 e. The topological polar surface area (TPSA) is 207 Å². The first-order valence-electron chi connectivity index (χ1n) is 61.8. The molecular weight excluding hydrogens is 1810 g/mol. The molecule has 0 radical (unpaired) electrons. The first kappa shape index (κ1) is 127. The Morgan fingerprint density at radius 3 is 0.637 bits per heavy atom. The van der Waals surface area contributed by atoms with Gasteiger partial charge >= 0.3 is 0 Å². The van der Waals surface area contributed by atoms with Crippen molar-refractivity contribution in [1.29, 1.82) is 0 Å². The van der Waals surface area contributed by atoms with E-state index in [0.717, 1.165) is 245 Å². The summed E-state index contributed by atoms with van der Waals surface area (Å²) in [6.45, 7) is 79.1. The van der Waals surface area contributed by atoms with Gasteiger partial charge in [0, 0.05) is 117 Å². The van der Waals surface area contributed by atoms with E-state index in [2.05, 4.69) is 269 Å². The molecule has 2 aromatic heterocycles. The molecule has 0 amide bonds. The number of piperidine rings is 6. The fourth-order valence-corrected chi connectivity index (χ4v) is 28.2. The molecule has 4 N–H and O–H groups in total. The van der Waals surface area contributed by atoms with Crippen molar-refractivity contribution in [3.05, 3.63) is 0 Å². The Balaban J connectivity index is 1.12. The Labute approximate surface area is 899 Å². The second kappa shape index (κ2) is 61.7. The average molecular weight is 2050 g/mol. The van der Waals surface area contributed by atoms with Crippen molar-refractivity contribution in [3.63, 3.8) is 0 Å². The standard InChI is InChI=1S/C122H236N18O6/c1-31-37-43-49-57-69-81-141-135-111(7,8)87-99(88-112(135,9)10)75-63-65-77-123-105-127-107(125-101-91-115(15,16)137(116(17,18)92-101)143-83-71-59-51-45-39-33-3)131-109(129-105)133(103-95-119(23,24)139(120(25,26)96-103)145-85-73-61-53-47-41-35-5)79-67-55-56-68-80-134(104-97-121(27,28)140(122(29,30)98-104)146-86-74-62-54-48-42-36-6)110-130-106(124-78-66-64-76-100-89-113(11,12)136(114(13,14)90-100)142-82-70-58-50-44-38-32-2)128-108(132-110)126-102-93-117(19,20)138(118(21,22)94-102)144-84-72-60-52-46-40-34-4/h99-104H,31-98H2,1-30H3,(H2,123,125,127,129,131)(H2,124,126,128,130,132). The molecule has 6 fully saturated rings. The average Bonchev–Trinajstić information content (AvgIpc) is 0.755. The summed E-state index contributed by atoms with van der Waals surface area (Å²) in [5.41, 5.74) is -2.40. The number of rotatable bonds is 75. The summed E-state index contributed by atoms with van der Waals surface area (Å²) >= 11 is 0. The second-order valence-corrected chi connectivity index (χ2v) is 54.5. The van der Waals surface area contributed by atoms with Gasteiger partial charge in [0.15, 0.2) is 0 Å². The van der Waals surface area contributed by atoms with Gasteiger partial charge in [-0.1, -0.05) is 273 Å². The van der Waals surface area contributed by atoms with Crippen LogP contribution < -0.4 is 31.1 Å². The molecule has 0 saturated carbocycles. The number of hydroxylamine groups is 12. The third-order valence-electron chi connectivity index (χ3n) is 33.5. The number of hydrogen-bond donors (Lipinski definition) is 4. The van der Waals surface area contributed by atoms with Crippen molar-refractivity contribution in [1.82, 2.24) is 60.3 Å². The zero-order chi connectivity index (χ0) is 107. The molecule has 8 rings (SSSR count). The Morgan fingerprint density at radius 2 is 0.411 bits per heavy atom. The highest BCUT2D eigenvalue weighted by molar-refractivity contribution is 5.47. The van der Waals surface area contributed by atoms with Crippen LogP contribution >= 0.6 is 0 Å². The molecule has 146 heavy (non-hydrogen) atoms. The molecule has 8 heterocycles. The summed E-state index contributed by atoms with van der Waals surface area (Å²) < 4.78 is 0. The Kier molecular flexibility index (Phi) is 53.9. The molecular formula is C122H236N18O6. The summed E-state index contributed by atoms with van der Waals surface area (Å²) in [7, 11) is 0. The van der Waals surface area contributed by atoms with Crippen LogP contribution in [-0.4, -0.2) is 217 Å². The lowest BCUT2D eigenvalue weighted by atomic mass is 9.73. The highest BCUT2D eigenvalue weighted by Gasteiger charge is 2.54. The maximum atomic E-state index is 7.06. The first-order chi connectivity index (χ1) is 69.1. The normalized spacial score (nSPS) is 21.5. The predicted octanol–water partition coefficient (Wildman–Crippen LogP) is 32.3. The van der Waals surface area contributed by atoms with Crippen molar-refractivity contribution in [2.75, 3.05) is 96.9 Å². The van der Waals surface area contributed by atoms with E-state index in [0.29, 0.717) is 35.6 Å². The number of anilines is 6. The van der Waals surface area contributed by atoms with Gasteiger partial charge in [-0.3, -0.25) is 29.0 Å². The molecule has 6 aliphatic heterocycles. The molecule has 24 nitrogen and oxygen atoms in total. The summed E-state index contributed by atoms with van der Waals surface area (Å²) in [5, 5.41) is 30.2. The zero-order valence-corrected chi connectivity index (χ0v) is 101. The molecule has 2 aromatic rings. The van der Waals surface area contributed by atoms with Crippen LogP contribution in [0.25, 0.3) is 0 Å². The van der Waals surface area contributed by atoms with E-state index in [1.54, 1.807) is 0 Å². The summed E-state index contributed by atoms with van der Waals surface area (Å²) in [5.74, 6) is 5.31.